The minimum atomic E-state index is -0.319. The van der Waals surface area contributed by atoms with E-state index < -0.39 is 0 Å². The molecule has 3 aliphatic rings. The van der Waals surface area contributed by atoms with Crippen LogP contribution in [-0.2, 0) is 9.53 Å². The maximum absolute atomic E-state index is 11.8. The predicted octanol–water partition coefficient (Wildman–Crippen LogP) is 0.155. The Hall–Kier alpha value is -0.690. The number of hydrogen-bond donors (Lipinski definition) is 1. The number of carbonyl (C=O) groups is 1. The highest BCUT2D eigenvalue weighted by molar-refractivity contribution is 5.74. The third-order valence-corrected chi connectivity index (χ3v) is 5.58. The Kier molecular flexibility index (Phi) is 5.91. The molecule has 3 fully saturated rings. The Morgan fingerprint density at radius 3 is 2.52 bits per heavy atom. The summed E-state index contributed by atoms with van der Waals surface area (Å²) in [6.07, 6.45) is 4.24. The second kappa shape index (κ2) is 7.92. The zero-order valence-corrected chi connectivity index (χ0v) is 14.3. The average Bonchev–Trinajstić information content (AvgIpc) is 3.16. The van der Waals surface area contributed by atoms with E-state index in [1.165, 1.54) is 6.42 Å². The first-order chi connectivity index (χ1) is 11.1. The fourth-order valence-corrected chi connectivity index (χ4v) is 4.51. The minimum Gasteiger partial charge on any atom is -0.390 e. The van der Waals surface area contributed by atoms with Crippen LogP contribution in [0, 0.1) is 0 Å². The first-order valence-corrected chi connectivity index (χ1v) is 9.14. The summed E-state index contributed by atoms with van der Waals surface area (Å²) >= 11 is 0. The fourth-order valence-electron chi connectivity index (χ4n) is 4.51. The quantitative estimate of drug-likeness (QED) is 0.780. The van der Waals surface area contributed by atoms with Crippen LogP contribution >= 0.6 is 0 Å². The van der Waals surface area contributed by atoms with Crippen molar-refractivity contribution in [2.75, 3.05) is 52.5 Å². The van der Waals surface area contributed by atoms with Gasteiger partial charge in [-0.15, -0.1) is 0 Å². The van der Waals surface area contributed by atoms with Gasteiger partial charge in [0.05, 0.1) is 19.3 Å². The third-order valence-electron chi connectivity index (χ3n) is 5.58. The second-order valence-corrected chi connectivity index (χ2v) is 7.19. The first kappa shape index (κ1) is 17.1. The number of aliphatic hydroxyl groups excluding tert-OH is 1. The third kappa shape index (κ3) is 4.24. The summed E-state index contributed by atoms with van der Waals surface area (Å²) < 4.78 is 5.36. The first-order valence-electron chi connectivity index (χ1n) is 9.14. The number of β-amino-alcohol motifs (C(OH)–C–C–N with tert-alkyl or cyclic N) is 1. The highest BCUT2D eigenvalue weighted by Crippen LogP contribution is 2.30. The standard InChI is InChI=1S/C17H31N3O3/c1-14(21)20-7-3-5-17(20)16-4-2-6-19(16)13-15(22)12-18-8-10-23-11-9-18/h15-17,22H,2-13H2,1H3/t15-,16-,17+/m0/s1. The Morgan fingerprint density at radius 2 is 1.78 bits per heavy atom. The van der Waals surface area contributed by atoms with Crippen LogP contribution in [0.4, 0.5) is 0 Å². The van der Waals surface area contributed by atoms with E-state index in [0.29, 0.717) is 12.1 Å². The van der Waals surface area contributed by atoms with Crippen LogP contribution in [0.1, 0.15) is 32.6 Å². The van der Waals surface area contributed by atoms with Gasteiger partial charge in [0.2, 0.25) is 5.91 Å². The summed E-state index contributed by atoms with van der Waals surface area (Å²) in [6.45, 7) is 8.47. The molecule has 0 aromatic heterocycles. The van der Waals surface area contributed by atoms with E-state index in [2.05, 4.69) is 14.7 Å². The molecule has 1 amide bonds. The summed E-state index contributed by atoms with van der Waals surface area (Å²) in [5, 5.41) is 10.5. The topological polar surface area (TPSA) is 56.2 Å². The summed E-state index contributed by atoms with van der Waals surface area (Å²) in [7, 11) is 0. The molecule has 0 saturated carbocycles. The Bertz CT molecular complexity index is 401. The molecule has 0 aromatic rings. The number of carbonyl (C=O) groups excluding carboxylic acids is 1. The van der Waals surface area contributed by atoms with Crippen molar-refractivity contribution in [3.63, 3.8) is 0 Å². The van der Waals surface area contributed by atoms with Gasteiger partial charge < -0.3 is 14.7 Å². The second-order valence-electron chi connectivity index (χ2n) is 7.19. The maximum Gasteiger partial charge on any atom is 0.219 e. The lowest BCUT2D eigenvalue weighted by Gasteiger charge is -2.36. The van der Waals surface area contributed by atoms with Gasteiger partial charge in [-0.05, 0) is 32.2 Å². The molecule has 0 spiro atoms. The van der Waals surface area contributed by atoms with Crippen LogP contribution in [0.15, 0.2) is 0 Å². The number of ether oxygens (including phenoxy) is 1. The van der Waals surface area contributed by atoms with Crippen molar-refractivity contribution >= 4 is 5.91 Å². The van der Waals surface area contributed by atoms with E-state index in [4.69, 9.17) is 4.74 Å². The maximum atomic E-state index is 11.8. The van der Waals surface area contributed by atoms with Gasteiger partial charge in [0.25, 0.3) is 0 Å². The summed E-state index contributed by atoms with van der Waals surface area (Å²) in [5.74, 6) is 0.202. The molecule has 0 radical (unpaired) electrons. The smallest absolute Gasteiger partial charge is 0.219 e. The number of aliphatic hydroxyl groups is 1. The van der Waals surface area contributed by atoms with Gasteiger partial charge >= 0.3 is 0 Å². The van der Waals surface area contributed by atoms with E-state index in [0.717, 1.165) is 71.7 Å². The molecule has 3 aliphatic heterocycles. The summed E-state index contributed by atoms with van der Waals surface area (Å²) in [4.78, 5) is 18.6. The molecule has 3 saturated heterocycles. The largest absolute Gasteiger partial charge is 0.390 e. The summed E-state index contributed by atoms with van der Waals surface area (Å²) in [6, 6.07) is 0.784. The Morgan fingerprint density at radius 1 is 1.09 bits per heavy atom. The van der Waals surface area contributed by atoms with Crippen molar-refractivity contribution in [1.82, 2.24) is 14.7 Å². The van der Waals surface area contributed by atoms with E-state index in [9.17, 15) is 9.90 Å². The van der Waals surface area contributed by atoms with Crippen LogP contribution in [0.25, 0.3) is 0 Å². The Labute approximate surface area is 139 Å². The number of amides is 1. The van der Waals surface area contributed by atoms with E-state index in [-0.39, 0.29) is 12.0 Å². The molecule has 0 bridgehead atoms. The lowest BCUT2D eigenvalue weighted by atomic mass is 10.0. The van der Waals surface area contributed by atoms with Gasteiger partial charge in [-0.2, -0.15) is 0 Å². The molecule has 0 unspecified atom stereocenters. The van der Waals surface area contributed by atoms with Crippen LogP contribution in [0.3, 0.4) is 0 Å². The molecule has 23 heavy (non-hydrogen) atoms. The number of likely N-dealkylation sites (tertiary alicyclic amines) is 2. The van der Waals surface area contributed by atoms with Gasteiger partial charge in [0.15, 0.2) is 0 Å². The van der Waals surface area contributed by atoms with E-state index in [1.807, 2.05) is 0 Å². The minimum absolute atomic E-state index is 0.202. The average molecular weight is 325 g/mol. The molecule has 0 aromatic carbocycles. The number of hydrogen-bond acceptors (Lipinski definition) is 5. The molecule has 6 nitrogen and oxygen atoms in total. The summed E-state index contributed by atoms with van der Waals surface area (Å²) in [5.41, 5.74) is 0. The van der Waals surface area contributed by atoms with E-state index >= 15 is 0 Å². The SMILES string of the molecule is CC(=O)N1CCC[C@@H]1[C@@H]1CCCN1C[C@@H](O)CN1CCOCC1. The van der Waals surface area contributed by atoms with Gasteiger partial charge in [-0.1, -0.05) is 0 Å². The molecule has 0 aliphatic carbocycles. The molecule has 3 heterocycles. The van der Waals surface area contributed by atoms with Crippen LogP contribution < -0.4 is 0 Å². The molecule has 6 heteroatoms. The lowest BCUT2D eigenvalue weighted by Crippen LogP contribution is -2.51. The van der Waals surface area contributed by atoms with Crippen molar-refractivity contribution in [3.05, 3.63) is 0 Å². The van der Waals surface area contributed by atoms with Crippen molar-refractivity contribution in [2.24, 2.45) is 0 Å². The van der Waals surface area contributed by atoms with Gasteiger partial charge in [-0.3, -0.25) is 14.6 Å². The monoisotopic (exact) mass is 325 g/mol. The number of rotatable bonds is 5. The zero-order valence-electron chi connectivity index (χ0n) is 14.3. The van der Waals surface area contributed by atoms with Gasteiger partial charge in [0.1, 0.15) is 0 Å². The fraction of sp³-hybridized carbons (Fsp3) is 0.941. The lowest BCUT2D eigenvalue weighted by molar-refractivity contribution is -0.130. The van der Waals surface area contributed by atoms with Crippen molar-refractivity contribution < 1.29 is 14.6 Å². The molecule has 132 valence electrons. The van der Waals surface area contributed by atoms with Crippen LogP contribution in [-0.4, -0.2) is 96.4 Å². The number of morpholine rings is 1. The normalized spacial score (nSPS) is 31.7. The molecular formula is C17H31N3O3. The predicted molar refractivity (Wildman–Crippen MR) is 88.3 cm³/mol. The highest BCUT2D eigenvalue weighted by Gasteiger charge is 2.39. The van der Waals surface area contributed by atoms with Crippen molar-refractivity contribution in [2.45, 2.75) is 50.8 Å². The Balaban J connectivity index is 1.53. The molecule has 1 N–H and O–H groups in total. The van der Waals surface area contributed by atoms with Gasteiger partial charge in [-0.25, -0.2) is 0 Å². The number of nitrogens with zero attached hydrogens (tertiary/aromatic N) is 3. The van der Waals surface area contributed by atoms with Crippen LogP contribution in [0.2, 0.25) is 0 Å². The highest BCUT2D eigenvalue weighted by atomic mass is 16.5. The van der Waals surface area contributed by atoms with Crippen molar-refractivity contribution in [1.29, 1.82) is 0 Å². The van der Waals surface area contributed by atoms with Gasteiger partial charge in [0, 0.05) is 51.7 Å². The molecular weight excluding hydrogens is 294 g/mol. The molecule has 3 rings (SSSR count). The van der Waals surface area contributed by atoms with Crippen LogP contribution in [0.5, 0.6) is 0 Å². The zero-order chi connectivity index (χ0) is 16.2. The molecule has 3 atom stereocenters. The van der Waals surface area contributed by atoms with E-state index in [1.54, 1.807) is 6.92 Å². The van der Waals surface area contributed by atoms with Crippen molar-refractivity contribution in [3.8, 4) is 0 Å².